The minimum absolute atomic E-state index is 0.0838. The summed E-state index contributed by atoms with van der Waals surface area (Å²) in [5.74, 6) is -0.603. The summed E-state index contributed by atoms with van der Waals surface area (Å²) in [6.45, 7) is 1.51. The van der Waals surface area contributed by atoms with Gasteiger partial charge in [0.25, 0.3) is 0 Å². The number of nitrogens with one attached hydrogen (secondary N) is 2. The number of hydrogen-bond acceptors (Lipinski definition) is 5. The van der Waals surface area contributed by atoms with Gasteiger partial charge in [-0.3, -0.25) is 4.79 Å². The second kappa shape index (κ2) is 7.37. The third-order valence-electron chi connectivity index (χ3n) is 3.24. The third-order valence-corrected chi connectivity index (χ3v) is 3.24. The zero-order valence-corrected chi connectivity index (χ0v) is 13.9. The van der Waals surface area contributed by atoms with Crippen LogP contribution in [-0.2, 0) is 11.0 Å². The number of alkyl halides is 3. The number of amides is 1. The SMILES string of the molecule is CC(Nc1nc(N(C)C)cc(C(F)(F)F)n1)C(=O)Nc1ccccc1. The highest BCUT2D eigenvalue weighted by atomic mass is 19.4. The number of aromatic nitrogens is 2. The molecule has 1 atom stereocenters. The van der Waals surface area contributed by atoms with Crippen LogP contribution >= 0.6 is 0 Å². The number of nitrogens with zero attached hydrogens (tertiary/aromatic N) is 3. The Labute approximate surface area is 143 Å². The molecule has 0 aliphatic rings. The van der Waals surface area contributed by atoms with E-state index in [-0.39, 0.29) is 11.8 Å². The molecule has 0 saturated carbocycles. The molecule has 1 heterocycles. The van der Waals surface area contributed by atoms with Gasteiger partial charge in [-0.25, -0.2) is 4.98 Å². The highest BCUT2D eigenvalue weighted by Gasteiger charge is 2.34. The van der Waals surface area contributed by atoms with Crippen molar-refractivity contribution in [2.24, 2.45) is 0 Å². The Morgan fingerprint density at radius 3 is 2.36 bits per heavy atom. The Morgan fingerprint density at radius 2 is 1.80 bits per heavy atom. The van der Waals surface area contributed by atoms with Crippen LogP contribution in [0, 0.1) is 0 Å². The van der Waals surface area contributed by atoms with E-state index in [0.29, 0.717) is 5.69 Å². The molecule has 0 spiro atoms. The van der Waals surface area contributed by atoms with Crippen molar-refractivity contribution in [2.45, 2.75) is 19.1 Å². The molecule has 0 aliphatic heterocycles. The van der Waals surface area contributed by atoms with Gasteiger partial charge in [0, 0.05) is 25.8 Å². The quantitative estimate of drug-likeness (QED) is 0.865. The first-order chi connectivity index (χ1) is 11.7. The number of anilines is 3. The summed E-state index contributed by atoms with van der Waals surface area (Å²) in [6.07, 6.45) is -4.61. The topological polar surface area (TPSA) is 70.2 Å². The largest absolute Gasteiger partial charge is 0.433 e. The predicted molar refractivity (Wildman–Crippen MR) is 89.5 cm³/mol. The number of carbonyl (C=O) groups is 1. The predicted octanol–water partition coefficient (Wildman–Crippen LogP) is 3.00. The minimum atomic E-state index is -4.61. The van der Waals surface area contributed by atoms with Crippen LogP contribution < -0.4 is 15.5 Å². The summed E-state index contributed by atoms with van der Waals surface area (Å²) in [6, 6.07) is 8.74. The molecule has 2 N–H and O–H groups in total. The molecule has 0 saturated heterocycles. The molecule has 2 rings (SSSR count). The van der Waals surface area contributed by atoms with Crippen LogP contribution in [-0.4, -0.2) is 36.0 Å². The molecule has 6 nitrogen and oxygen atoms in total. The van der Waals surface area contributed by atoms with Gasteiger partial charge in [0.1, 0.15) is 11.9 Å². The Bertz CT molecular complexity index is 734. The fourth-order valence-corrected chi connectivity index (χ4v) is 1.90. The Balaban J connectivity index is 2.17. The molecule has 1 amide bonds. The Kier molecular flexibility index (Phi) is 5.45. The molecule has 0 radical (unpaired) electrons. The van der Waals surface area contributed by atoms with Crippen LogP contribution in [0.3, 0.4) is 0 Å². The van der Waals surface area contributed by atoms with E-state index < -0.39 is 23.8 Å². The summed E-state index contributed by atoms with van der Waals surface area (Å²) >= 11 is 0. The molecule has 25 heavy (non-hydrogen) atoms. The van der Waals surface area contributed by atoms with Gasteiger partial charge in [-0.15, -0.1) is 0 Å². The van der Waals surface area contributed by atoms with Crippen LogP contribution in [0.5, 0.6) is 0 Å². The lowest BCUT2D eigenvalue weighted by Crippen LogP contribution is -2.33. The number of rotatable bonds is 5. The molecule has 2 aromatic rings. The van der Waals surface area contributed by atoms with E-state index in [9.17, 15) is 18.0 Å². The molecular weight excluding hydrogens is 335 g/mol. The number of hydrogen-bond donors (Lipinski definition) is 2. The monoisotopic (exact) mass is 353 g/mol. The zero-order chi connectivity index (χ0) is 18.6. The van der Waals surface area contributed by atoms with Crippen LogP contribution in [0.1, 0.15) is 12.6 Å². The van der Waals surface area contributed by atoms with Crippen molar-refractivity contribution in [1.82, 2.24) is 9.97 Å². The minimum Gasteiger partial charge on any atom is -0.363 e. The molecule has 0 fully saturated rings. The maximum atomic E-state index is 13.0. The average molecular weight is 353 g/mol. The van der Waals surface area contributed by atoms with E-state index in [1.54, 1.807) is 44.4 Å². The smallest absolute Gasteiger partial charge is 0.363 e. The number of halogens is 3. The van der Waals surface area contributed by atoms with Crippen molar-refractivity contribution in [3.8, 4) is 0 Å². The summed E-state index contributed by atoms with van der Waals surface area (Å²) in [4.78, 5) is 21.0. The van der Waals surface area contributed by atoms with E-state index in [2.05, 4.69) is 20.6 Å². The standard InChI is InChI=1S/C16H18F3N5O/c1-10(14(25)21-11-7-5-4-6-8-11)20-15-22-12(16(17,18)19)9-13(23-15)24(2)3/h4-10H,1-3H3,(H,21,25)(H,20,22,23). The first-order valence-corrected chi connectivity index (χ1v) is 7.43. The van der Waals surface area contributed by atoms with Gasteiger partial charge in [-0.1, -0.05) is 18.2 Å². The summed E-state index contributed by atoms with van der Waals surface area (Å²) in [5, 5.41) is 5.26. The van der Waals surface area contributed by atoms with Crippen molar-refractivity contribution >= 4 is 23.4 Å². The lowest BCUT2D eigenvalue weighted by molar-refractivity contribution is -0.141. The van der Waals surface area contributed by atoms with Crippen molar-refractivity contribution in [3.05, 3.63) is 42.1 Å². The van der Waals surface area contributed by atoms with Crippen LogP contribution in [0.15, 0.2) is 36.4 Å². The van der Waals surface area contributed by atoms with Gasteiger partial charge in [0.2, 0.25) is 11.9 Å². The molecule has 134 valence electrons. The second-order valence-corrected chi connectivity index (χ2v) is 5.55. The molecule has 1 unspecified atom stereocenters. The average Bonchev–Trinajstić information content (AvgIpc) is 2.54. The van der Waals surface area contributed by atoms with Gasteiger partial charge in [-0.05, 0) is 19.1 Å². The summed E-state index contributed by atoms with van der Waals surface area (Å²) in [5.41, 5.74) is -0.496. The van der Waals surface area contributed by atoms with Gasteiger partial charge in [0.15, 0.2) is 5.69 Å². The van der Waals surface area contributed by atoms with E-state index >= 15 is 0 Å². The molecule has 0 bridgehead atoms. The second-order valence-electron chi connectivity index (χ2n) is 5.55. The van der Waals surface area contributed by atoms with Crippen molar-refractivity contribution in [2.75, 3.05) is 29.6 Å². The fraction of sp³-hybridized carbons (Fsp3) is 0.312. The summed E-state index contributed by atoms with van der Waals surface area (Å²) < 4.78 is 38.9. The Hall–Kier alpha value is -2.84. The highest BCUT2D eigenvalue weighted by Crippen LogP contribution is 2.30. The number of benzene rings is 1. The van der Waals surface area contributed by atoms with Gasteiger partial charge >= 0.3 is 6.18 Å². The number of carbonyl (C=O) groups excluding carboxylic acids is 1. The van der Waals surface area contributed by atoms with Gasteiger partial charge in [0.05, 0.1) is 0 Å². The third kappa shape index (κ3) is 5.07. The highest BCUT2D eigenvalue weighted by molar-refractivity contribution is 5.96. The summed E-state index contributed by atoms with van der Waals surface area (Å²) in [7, 11) is 3.13. The molecule has 9 heteroatoms. The van der Waals surface area contributed by atoms with E-state index in [4.69, 9.17) is 0 Å². The zero-order valence-electron chi connectivity index (χ0n) is 13.9. The van der Waals surface area contributed by atoms with Crippen molar-refractivity contribution < 1.29 is 18.0 Å². The molecular formula is C16H18F3N5O. The van der Waals surface area contributed by atoms with Crippen molar-refractivity contribution in [3.63, 3.8) is 0 Å². The van der Waals surface area contributed by atoms with Gasteiger partial charge < -0.3 is 15.5 Å². The van der Waals surface area contributed by atoms with Crippen molar-refractivity contribution in [1.29, 1.82) is 0 Å². The van der Waals surface area contributed by atoms with Crippen LogP contribution in [0.2, 0.25) is 0 Å². The molecule has 0 aliphatic carbocycles. The normalized spacial score (nSPS) is 12.4. The maximum absolute atomic E-state index is 13.0. The Morgan fingerprint density at radius 1 is 1.16 bits per heavy atom. The van der Waals surface area contributed by atoms with Crippen LogP contribution in [0.4, 0.5) is 30.6 Å². The van der Waals surface area contributed by atoms with E-state index in [0.717, 1.165) is 6.07 Å². The number of para-hydroxylation sites is 1. The van der Waals surface area contributed by atoms with Gasteiger partial charge in [-0.2, -0.15) is 18.2 Å². The maximum Gasteiger partial charge on any atom is 0.433 e. The molecule has 1 aromatic heterocycles. The van der Waals surface area contributed by atoms with E-state index in [1.807, 2.05) is 0 Å². The molecule has 1 aromatic carbocycles. The first-order valence-electron chi connectivity index (χ1n) is 7.43. The lowest BCUT2D eigenvalue weighted by atomic mass is 10.2. The fourth-order valence-electron chi connectivity index (χ4n) is 1.90. The van der Waals surface area contributed by atoms with Crippen LogP contribution in [0.25, 0.3) is 0 Å². The lowest BCUT2D eigenvalue weighted by Gasteiger charge is -2.18. The first kappa shape index (κ1) is 18.5. The van der Waals surface area contributed by atoms with E-state index in [1.165, 1.54) is 11.8 Å².